The first kappa shape index (κ1) is 25.5. The Bertz CT molecular complexity index is 1160. The van der Waals surface area contributed by atoms with Gasteiger partial charge in [-0.05, 0) is 104 Å². The molecule has 0 amide bonds. The van der Waals surface area contributed by atoms with Crippen molar-refractivity contribution in [3.63, 3.8) is 0 Å². The molecule has 1 aliphatic carbocycles. The van der Waals surface area contributed by atoms with Crippen molar-refractivity contribution in [3.8, 4) is 17.2 Å². The fraction of sp³-hybridized carbons (Fsp3) is 0.438. The number of ether oxygens (including phenoxy) is 3. The molecule has 1 saturated heterocycles. The molecular weight excluding hydrogens is 460 g/mol. The molecule has 1 aliphatic heterocycles. The molecule has 0 bridgehead atoms. The molecule has 0 aromatic heterocycles. The first-order valence-corrected chi connectivity index (χ1v) is 13.7. The molecule has 1 fully saturated rings. The van der Waals surface area contributed by atoms with E-state index in [1.165, 1.54) is 54.6 Å². The Morgan fingerprint density at radius 3 is 2.32 bits per heavy atom. The third kappa shape index (κ3) is 6.58. The van der Waals surface area contributed by atoms with Crippen LogP contribution in [0, 0.1) is 0 Å². The predicted octanol–water partition coefficient (Wildman–Crippen LogP) is 6.45. The number of fused-ring (bicyclic) bond motifs is 1. The zero-order valence-electron chi connectivity index (χ0n) is 22.3. The Hall–Kier alpha value is -3.18. The van der Waals surface area contributed by atoms with E-state index in [0.29, 0.717) is 5.92 Å². The van der Waals surface area contributed by atoms with Crippen LogP contribution in [0.25, 0.3) is 0 Å². The van der Waals surface area contributed by atoms with Crippen LogP contribution in [0.2, 0.25) is 0 Å². The van der Waals surface area contributed by atoms with E-state index in [2.05, 4.69) is 70.9 Å². The summed E-state index contributed by atoms with van der Waals surface area (Å²) in [7, 11) is 3.47. The maximum Gasteiger partial charge on any atom is 0.120 e. The van der Waals surface area contributed by atoms with Gasteiger partial charge in [-0.2, -0.15) is 0 Å². The van der Waals surface area contributed by atoms with E-state index in [9.17, 15) is 0 Å². The number of benzene rings is 3. The summed E-state index contributed by atoms with van der Waals surface area (Å²) in [5.74, 6) is 3.25. The quantitative estimate of drug-likeness (QED) is 0.346. The highest BCUT2D eigenvalue weighted by Gasteiger charge is 2.23. The molecule has 196 valence electrons. The minimum atomic E-state index is 0.477. The van der Waals surface area contributed by atoms with Crippen molar-refractivity contribution >= 4 is 5.69 Å². The number of aryl methyl sites for hydroxylation is 1. The van der Waals surface area contributed by atoms with Crippen LogP contribution in [0.3, 0.4) is 0 Å². The minimum absolute atomic E-state index is 0.477. The van der Waals surface area contributed by atoms with Crippen molar-refractivity contribution in [2.24, 2.45) is 0 Å². The smallest absolute Gasteiger partial charge is 0.120 e. The number of methoxy groups -OCH3 is 2. The zero-order valence-corrected chi connectivity index (χ0v) is 22.3. The Morgan fingerprint density at radius 2 is 1.54 bits per heavy atom. The first-order valence-electron chi connectivity index (χ1n) is 13.7. The zero-order chi connectivity index (χ0) is 25.5. The van der Waals surface area contributed by atoms with E-state index in [0.717, 1.165) is 61.9 Å². The topological polar surface area (TPSA) is 43.0 Å². The summed E-state index contributed by atoms with van der Waals surface area (Å²) in [4.78, 5) is 2.51. The lowest BCUT2D eigenvalue weighted by Gasteiger charge is -2.27. The summed E-state index contributed by atoms with van der Waals surface area (Å²) >= 11 is 0. The average molecular weight is 501 g/mol. The van der Waals surface area contributed by atoms with Gasteiger partial charge in [0.1, 0.15) is 23.9 Å². The molecule has 5 nitrogen and oxygen atoms in total. The summed E-state index contributed by atoms with van der Waals surface area (Å²) in [5, 5.41) is 3.70. The Morgan fingerprint density at radius 1 is 0.811 bits per heavy atom. The molecule has 3 aromatic carbocycles. The second-order valence-corrected chi connectivity index (χ2v) is 10.3. The normalized spacial score (nSPS) is 17.6. The molecular formula is C32H40N2O3. The summed E-state index contributed by atoms with van der Waals surface area (Å²) in [6, 6.07) is 21.5. The Balaban J connectivity index is 1.20. The van der Waals surface area contributed by atoms with Crippen LogP contribution in [0.15, 0.2) is 60.7 Å². The Kier molecular flexibility index (Phi) is 8.52. The maximum absolute atomic E-state index is 6.01. The van der Waals surface area contributed by atoms with Crippen molar-refractivity contribution < 1.29 is 14.2 Å². The largest absolute Gasteiger partial charge is 0.497 e. The van der Waals surface area contributed by atoms with Gasteiger partial charge in [-0.3, -0.25) is 4.90 Å². The van der Waals surface area contributed by atoms with Crippen LogP contribution in [0.1, 0.15) is 53.9 Å². The second-order valence-electron chi connectivity index (χ2n) is 10.3. The molecule has 1 N–H and O–H groups in total. The lowest BCUT2D eigenvalue weighted by Crippen LogP contribution is -2.33. The predicted molar refractivity (Wildman–Crippen MR) is 150 cm³/mol. The van der Waals surface area contributed by atoms with Crippen molar-refractivity contribution in [3.05, 3.63) is 82.9 Å². The molecule has 5 heteroatoms. The molecule has 3 aromatic rings. The molecule has 0 saturated carbocycles. The highest BCUT2D eigenvalue weighted by molar-refractivity contribution is 5.58. The van der Waals surface area contributed by atoms with E-state index in [-0.39, 0.29) is 0 Å². The van der Waals surface area contributed by atoms with Crippen LogP contribution in [-0.4, -0.2) is 45.4 Å². The van der Waals surface area contributed by atoms with Crippen LogP contribution in [0.4, 0.5) is 5.69 Å². The minimum Gasteiger partial charge on any atom is -0.497 e. The van der Waals surface area contributed by atoms with Gasteiger partial charge in [0.15, 0.2) is 0 Å². The Labute approximate surface area is 221 Å². The van der Waals surface area contributed by atoms with Gasteiger partial charge in [-0.1, -0.05) is 30.7 Å². The maximum atomic E-state index is 6.01. The third-order valence-corrected chi connectivity index (χ3v) is 7.87. The highest BCUT2D eigenvalue weighted by Crippen LogP contribution is 2.38. The number of piperidine rings is 1. The van der Waals surface area contributed by atoms with Crippen LogP contribution >= 0.6 is 0 Å². The van der Waals surface area contributed by atoms with Gasteiger partial charge in [-0.25, -0.2) is 0 Å². The number of likely N-dealkylation sites (tertiary alicyclic amines) is 1. The number of anilines is 1. The molecule has 0 spiro atoms. The molecule has 37 heavy (non-hydrogen) atoms. The fourth-order valence-corrected chi connectivity index (χ4v) is 5.67. The van der Waals surface area contributed by atoms with E-state index < -0.39 is 0 Å². The van der Waals surface area contributed by atoms with E-state index in [4.69, 9.17) is 14.2 Å². The summed E-state index contributed by atoms with van der Waals surface area (Å²) in [6.45, 7) is 4.95. The number of rotatable bonds is 10. The van der Waals surface area contributed by atoms with Crippen molar-refractivity contribution in [2.75, 3.05) is 45.8 Å². The van der Waals surface area contributed by atoms with Gasteiger partial charge in [0.2, 0.25) is 0 Å². The molecule has 2 aliphatic rings. The number of nitrogens with one attached hydrogen (secondary N) is 1. The van der Waals surface area contributed by atoms with Gasteiger partial charge in [0.25, 0.3) is 0 Å². The van der Waals surface area contributed by atoms with Gasteiger partial charge in [0.05, 0.1) is 14.2 Å². The average Bonchev–Trinajstić information content (AvgIpc) is 2.96. The third-order valence-electron chi connectivity index (χ3n) is 7.87. The van der Waals surface area contributed by atoms with Crippen molar-refractivity contribution in [2.45, 2.75) is 51.0 Å². The fourth-order valence-electron chi connectivity index (χ4n) is 5.67. The monoisotopic (exact) mass is 500 g/mol. The SMILES string of the molecule is COc1ccc2c(c1)CCC(c1ccc(OC)cc1NCc1ccc(OCCN3CCCCC3)cc1)C2. The molecule has 5 rings (SSSR count). The van der Waals surface area contributed by atoms with Crippen molar-refractivity contribution in [1.82, 2.24) is 4.90 Å². The first-order chi connectivity index (χ1) is 18.2. The van der Waals surface area contributed by atoms with Gasteiger partial charge in [-0.15, -0.1) is 0 Å². The highest BCUT2D eigenvalue weighted by atomic mass is 16.5. The summed E-state index contributed by atoms with van der Waals surface area (Å²) < 4.78 is 17.0. The van der Waals surface area contributed by atoms with Gasteiger partial charge < -0.3 is 19.5 Å². The molecule has 1 unspecified atom stereocenters. The van der Waals surface area contributed by atoms with E-state index in [1.807, 2.05) is 0 Å². The van der Waals surface area contributed by atoms with Gasteiger partial charge in [0, 0.05) is 24.8 Å². The molecule has 0 radical (unpaired) electrons. The number of nitrogens with zero attached hydrogens (tertiary/aromatic N) is 1. The second kappa shape index (κ2) is 12.4. The number of hydrogen-bond donors (Lipinski definition) is 1. The summed E-state index contributed by atoms with van der Waals surface area (Å²) in [5.41, 5.74) is 6.59. The van der Waals surface area contributed by atoms with Gasteiger partial charge >= 0.3 is 0 Å². The van der Waals surface area contributed by atoms with E-state index >= 15 is 0 Å². The number of hydrogen-bond acceptors (Lipinski definition) is 5. The lowest BCUT2D eigenvalue weighted by atomic mass is 9.79. The molecule has 1 atom stereocenters. The van der Waals surface area contributed by atoms with Crippen molar-refractivity contribution in [1.29, 1.82) is 0 Å². The molecule has 1 heterocycles. The van der Waals surface area contributed by atoms with Crippen LogP contribution in [0.5, 0.6) is 17.2 Å². The summed E-state index contributed by atoms with van der Waals surface area (Å²) in [6.07, 6.45) is 7.25. The van der Waals surface area contributed by atoms with Crippen LogP contribution in [-0.2, 0) is 19.4 Å². The van der Waals surface area contributed by atoms with E-state index in [1.54, 1.807) is 14.2 Å². The standard InChI is InChI=1S/C32H40N2O3/c1-35-29-13-10-25-20-27(9-8-26(25)21-29)31-15-14-30(36-2)22-32(31)33-23-24-6-11-28(12-7-24)37-19-18-34-16-4-3-5-17-34/h6-7,10-15,21-22,27,33H,3-5,8-9,16-20,23H2,1-2H3. The lowest BCUT2D eigenvalue weighted by molar-refractivity contribution is 0.183. The van der Waals surface area contributed by atoms with Crippen LogP contribution < -0.4 is 19.5 Å².